The zero-order valence-electron chi connectivity index (χ0n) is 14.8. The number of benzene rings is 2. The Balaban J connectivity index is 1.79. The number of hydrogen-bond acceptors (Lipinski definition) is 3. The van der Waals surface area contributed by atoms with Gasteiger partial charge in [-0.3, -0.25) is 9.98 Å². The largest absolute Gasteiger partial charge is 0.255 e. The molecule has 0 aliphatic carbocycles. The SMILES string of the molecule is Cc1ccc(/N=C/c2cccc(/C=N/c3c(C)cccc3C)n2)cc1. The third kappa shape index (κ3) is 4.48. The van der Waals surface area contributed by atoms with Crippen LogP contribution in [0.5, 0.6) is 0 Å². The van der Waals surface area contributed by atoms with Gasteiger partial charge in [0.2, 0.25) is 0 Å². The van der Waals surface area contributed by atoms with Crippen LogP contribution in [0.3, 0.4) is 0 Å². The molecule has 0 spiro atoms. The van der Waals surface area contributed by atoms with Crippen LogP contribution in [0, 0.1) is 20.8 Å². The van der Waals surface area contributed by atoms with Crippen molar-refractivity contribution in [1.29, 1.82) is 0 Å². The second-order valence-corrected chi connectivity index (χ2v) is 6.08. The Morgan fingerprint density at radius 3 is 1.88 bits per heavy atom. The number of rotatable bonds is 4. The molecule has 3 heteroatoms. The Hall–Kier alpha value is -3.07. The highest BCUT2D eigenvalue weighted by Gasteiger charge is 1.99. The molecule has 25 heavy (non-hydrogen) atoms. The van der Waals surface area contributed by atoms with Crippen molar-refractivity contribution >= 4 is 23.8 Å². The lowest BCUT2D eigenvalue weighted by Gasteiger charge is -2.03. The summed E-state index contributed by atoms with van der Waals surface area (Å²) >= 11 is 0. The van der Waals surface area contributed by atoms with E-state index in [1.165, 1.54) is 5.56 Å². The summed E-state index contributed by atoms with van der Waals surface area (Å²) in [5, 5.41) is 0. The standard InChI is InChI=1S/C22H21N3/c1-16-10-12-19(13-11-16)23-14-20-8-5-9-21(25-20)15-24-22-17(2)6-4-7-18(22)3/h4-15H,1-3H3/b23-14+,24-15+. The molecule has 3 nitrogen and oxygen atoms in total. The molecule has 0 radical (unpaired) electrons. The molecule has 0 fully saturated rings. The van der Waals surface area contributed by atoms with Crippen molar-refractivity contribution in [2.75, 3.05) is 0 Å². The van der Waals surface area contributed by atoms with Gasteiger partial charge in [0.15, 0.2) is 0 Å². The third-order valence-corrected chi connectivity index (χ3v) is 3.94. The average Bonchev–Trinajstić information content (AvgIpc) is 2.61. The van der Waals surface area contributed by atoms with Crippen LogP contribution in [0.2, 0.25) is 0 Å². The molecule has 0 aliphatic heterocycles. The highest BCUT2D eigenvalue weighted by Crippen LogP contribution is 2.22. The van der Waals surface area contributed by atoms with Crippen molar-refractivity contribution in [3.63, 3.8) is 0 Å². The third-order valence-electron chi connectivity index (χ3n) is 3.94. The molecule has 0 unspecified atom stereocenters. The fraction of sp³-hybridized carbons (Fsp3) is 0.136. The molecule has 3 aromatic rings. The van der Waals surface area contributed by atoms with Gasteiger partial charge in [-0.15, -0.1) is 0 Å². The minimum absolute atomic E-state index is 0.811. The summed E-state index contributed by atoms with van der Waals surface area (Å²) in [6.45, 7) is 6.20. The van der Waals surface area contributed by atoms with Crippen LogP contribution in [-0.2, 0) is 0 Å². The number of aryl methyl sites for hydroxylation is 3. The first-order valence-electron chi connectivity index (χ1n) is 8.30. The van der Waals surface area contributed by atoms with E-state index in [0.717, 1.165) is 33.9 Å². The molecule has 1 aromatic heterocycles. The lowest BCUT2D eigenvalue weighted by molar-refractivity contribution is 1.27. The van der Waals surface area contributed by atoms with Gasteiger partial charge in [0.1, 0.15) is 0 Å². The van der Waals surface area contributed by atoms with E-state index in [4.69, 9.17) is 0 Å². The fourth-order valence-corrected chi connectivity index (χ4v) is 2.52. The van der Waals surface area contributed by atoms with Crippen LogP contribution >= 0.6 is 0 Å². The van der Waals surface area contributed by atoms with E-state index in [-0.39, 0.29) is 0 Å². The predicted octanol–water partition coefficient (Wildman–Crippen LogP) is 5.51. The van der Waals surface area contributed by atoms with Crippen LogP contribution < -0.4 is 0 Å². The Morgan fingerprint density at radius 2 is 1.24 bits per heavy atom. The molecule has 0 aliphatic rings. The Morgan fingerprint density at radius 1 is 0.680 bits per heavy atom. The molecule has 0 bridgehead atoms. The highest BCUT2D eigenvalue weighted by atomic mass is 14.8. The van der Waals surface area contributed by atoms with Crippen LogP contribution in [-0.4, -0.2) is 17.4 Å². The first-order valence-corrected chi connectivity index (χ1v) is 8.30. The Bertz CT molecular complexity index is 902. The molecular formula is C22H21N3. The van der Waals surface area contributed by atoms with Gasteiger partial charge in [-0.05, 0) is 56.2 Å². The van der Waals surface area contributed by atoms with E-state index >= 15 is 0 Å². The number of pyridine rings is 1. The van der Waals surface area contributed by atoms with E-state index in [1.807, 2.05) is 48.5 Å². The van der Waals surface area contributed by atoms with Crippen molar-refractivity contribution in [2.45, 2.75) is 20.8 Å². The normalized spacial score (nSPS) is 11.5. The molecule has 0 saturated carbocycles. The number of aliphatic imine (C=N–C) groups is 2. The summed E-state index contributed by atoms with van der Waals surface area (Å²) in [5.41, 5.74) is 7.09. The first-order chi connectivity index (χ1) is 12.1. The molecular weight excluding hydrogens is 306 g/mol. The van der Waals surface area contributed by atoms with Crippen LogP contribution in [0.25, 0.3) is 0 Å². The van der Waals surface area contributed by atoms with Gasteiger partial charge in [0, 0.05) is 0 Å². The Labute approximate surface area is 148 Å². The fourth-order valence-electron chi connectivity index (χ4n) is 2.52. The lowest BCUT2D eigenvalue weighted by atomic mass is 10.1. The second-order valence-electron chi connectivity index (χ2n) is 6.08. The molecule has 0 amide bonds. The van der Waals surface area contributed by atoms with Crippen molar-refractivity contribution in [2.24, 2.45) is 9.98 Å². The number of aromatic nitrogens is 1. The van der Waals surface area contributed by atoms with Crippen LogP contribution in [0.4, 0.5) is 11.4 Å². The van der Waals surface area contributed by atoms with Gasteiger partial charge in [-0.1, -0.05) is 42.0 Å². The highest BCUT2D eigenvalue weighted by molar-refractivity contribution is 5.84. The quantitative estimate of drug-likeness (QED) is 0.582. The summed E-state index contributed by atoms with van der Waals surface area (Å²) in [5.74, 6) is 0. The lowest BCUT2D eigenvalue weighted by Crippen LogP contribution is -1.93. The maximum Gasteiger partial charge on any atom is 0.0820 e. The number of hydrogen-bond donors (Lipinski definition) is 0. The van der Waals surface area contributed by atoms with Crippen molar-refractivity contribution in [3.8, 4) is 0 Å². The van der Waals surface area contributed by atoms with E-state index in [0.29, 0.717) is 0 Å². The maximum absolute atomic E-state index is 4.61. The monoisotopic (exact) mass is 327 g/mol. The topological polar surface area (TPSA) is 37.6 Å². The molecule has 2 aromatic carbocycles. The Kier molecular flexibility index (Phi) is 5.14. The van der Waals surface area contributed by atoms with E-state index < -0.39 is 0 Å². The summed E-state index contributed by atoms with van der Waals surface area (Å²) in [6, 6.07) is 20.1. The van der Waals surface area contributed by atoms with Crippen LogP contribution in [0.15, 0.2) is 70.6 Å². The molecule has 0 saturated heterocycles. The summed E-state index contributed by atoms with van der Waals surface area (Å²) in [6.07, 6.45) is 3.58. The van der Waals surface area contributed by atoms with E-state index in [1.54, 1.807) is 12.4 Å². The minimum atomic E-state index is 0.811. The van der Waals surface area contributed by atoms with Gasteiger partial charge < -0.3 is 0 Å². The first kappa shape index (κ1) is 16.8. The molecule has 0 N–H and O–H groups in total. The minimum Gasteiger partial charge on any atom is -0.255 e. The number of nitrogens with zero attached hydrogens (tertiary/aromatic N) is 3. The van der Waals surface area contributed by atoms with Crippen LogP contribution in [0.1, 0.15) is 28.1 Å². The van der Waals surface area contributed by atoms with Gasteiger partial charge in [0.25, 0.3) is 0 Å². The average molecular weight is 327 g/mol. The summed E-state index contributed by atoms with van der Waals surface area (Å²) in [4.78, 5) is 13.7. The van der Waals surface area contributed by atoms with Crippen molar-refractivity contribution < 1.29 is 0 Å². The van der Waals surface area contributed by atoms with Crippen molar-refractivity contribution in [1.82, 2.24) is 4.98 Å². The predicted molar refractivity (Wildman–Crippen MR) is 106 cm³/mol. The van der Waals surface area contributed by atoms with Crippen molar-refractivity contribution in [3.05, 3.63) is 88.7 Å². The number of para-hydroxylation sites is 1. The smallest absolute Gasteiger partial charge is 0.0820 e. The summed E-state index contributed by atoms with van der Waals surface area (Å²) in [7, 11) is 0. The zero-order chi connectivity index (χ0) is 17.6. The second kappa shape index (κ2) is 7.67. The van der Waals surface area contributed by atoms with Gasteiger partial charge in [-0.2, -0.15) is 0 Å². The molecule has 0 atom stereocenters. The molecule has 124 valence electrons. The van der Waals surface area contributed by atoms with Gasteiger partial charge in [0.05, 0.1) is 35.2 Å². The van der Waals surface area contributed by atoms with E-state index in [2.05, 4.69) is 47.9 Å². The maximum atomic E-state index is 4.61. The summed E-state index contributed by atoms with van der Waals surface area (Å²) < 4.78 is 0. The molecule has 3 rings (SSSR count). The van der Waals surface area contributed by atoms with Gasteiger partial charge in [-0.25, -0.2) is 4.98 Å². The van der Waals surface area contributed by atoms with E-state index in [9.17, 15) is 0 Å². The molecule has 1 heterocycles. The zero-order valence-corrected chi connectivity index (χ0v) is 14.8. The van der Waals surface area contributed by atoms with Gasteiger partial charge >= 0.3 is 0 Å².